The molecule has 0 spiro atoms. The Morgan fingerprint density at radius 1 is 1.03 bits per heavy atom. The molecule has 4 rings (SSSR count). The number of amides is 1. The summed E-state index contributed by atoms with van der Waals surface area (Å²) in [6.45, 7) is 5.99. The SMILES string of the molecule is CCCN1CCCCC1C(=O)N1CCc2cc(S(=O)(=O)N3CCCCC3)ccc21. The number of likely N-dealkylation sites (tertiary alicyclic amines) is 1. The minimum absolute atomic E-state index is 0.0357. The van der Waals surface area contributed by atoms with Crippen molar-refractivity contribution in [1.82, 2.24) is 9.21 Å². The van der Waals surface area contributed by atoms with Gasteiger partial charge in [-0.2, -0.15) is 4.31 Å². The highest BCUT2D eigenvalue weighted by atomic mass is 32.2. The molecule has 0 aliphatic carbocycles. The fourth-order valence-corrected chi connectivity index (χ4v) is 6.60. The maximum atomic E-state index is 13.3. The molecule has 1 aromatic carbocycles. The summed E-state index contributed by atoms with van der Waals surface area (Å²) in [6, 6.07) is 5.31. The fourth-order valence-electron chi connectivity index (χ4n) is 5.03. The molecule has 7 heteroatoms. The number of fused-ring (bicyclic) bond motifs is 1. The number of benzene rings is 1. The largest absolute Gasteiger partial charge is 0.310 e. The van der Waals surface area contributed by atoms with Crippen molar-refractivity contribution in [3.8, 4) is 0 Å². The van der Waals surface area contributed by atoms with Crippen LogP contribution in [-0.4, -0.2) is 62.3 Å². The zero-order chi connectivity index (χ0) is 20.4. The van der Waals surface area contributed by atoms with E-state index in [-0.39, 0.29) is 11.9 Å². The van der Waals surface area contributed by atoms with E-state index in [0.717, 1.165) is 75.7 Å². The fraction of sp³-hybridized carbons (Fsp3) is 0.682. The van der Waals surface area contributed by atoms with Crippen LogP contribution in [0, 0.1) is 0 Å². The van der Waals surface area contributed by atoms with Crippen LogP contribution < -0.4 is 4.90 Å². The maximum absolute atomic E-state index is 13.3. The van der Waals surface area contributed by atoms with Crippen molar-refractivity contribution >= 4 is 21.6 Å². The van der Waals surface area contributed by atoms with Crippen molar-refractivity contribution in [2.24, 2.45) is 0 Å². The Morgan fingerprint density at radius 3 is 2.55 bits per heavy atom. The number of hydrogen-bond donors (Lipinski definition) is 0. The van der Waals surface area contributed by atoms with Crippen molar-refractivity contribution in [1.29, 1.82) is 0 Å². The van der Waals surface area contributed by atoms with E-state index in [1.165, 1.54) is 0 Å². The maximum Gasteiger partial charge on any atom is 0.244 e. The van der Waals surface area contributed by atoms with E-state index in [0.29, 0.717) is 24.5 Å². The van der Waals surface area contributed by atoms with E-state index in [1.54, 1.807) is 16.4 Å². The summed E-state index contributed by atoms with van der Waals surface area (Å²) in [5.41, 5.74) is 1.88. The van der Waals surface area contributed by atoms with Gasteiger partial charge in [0, 0.05) is 25.3 Å². The number of sulfonamides is 1. The zero-order valence-corrected chi connectivity index (χ0v) is 18.3. The minimum Gasteiger partial charge on any atom is -0.310 e. The van der Waals surface area contributed by atoms with Gasteiger partial charge in [0.25, 0.3) is 0 Å². The van der Waals surface area contributed by atoms with Gasteiger partial charge in [-0.3, -0.25) is 9.69 Å². The van der Waals surface area contributed by atoms with E-state index in [4.69, 9.17) is 0 Å². The molecule has 1 unspecified atom stereocenters. The second-order valence-electron chi connectivity index (χ2n) is 8.54. The first kappa shape index (κ1) is 20.8. The molecule has 6 nitrogen and oxygen atoms in total. The van der Waals surface area contributed by atoms with Gasteiger partial charge in [0.2, 0.25) is 15.9 Å². The van der Waals surface area contributed by atoms with Crippen molar-refractivity contribution in [2.75, 3.05) is 37.6 Å². The minimum atomic E-state index is -3.44. The first-order valence-corrected chi connectivity index (χ1v) is 12.6. The van der Waals surface area contributed by atoms with Crippen LogP contribution in [0.3, 0.4) is 0 Å². The highest BCUT2D eigenvalue weighted by Crippen LogP contribution is 2.33. The van der Waals surface area contributed by atoms with Gasteiger partial charge in [0.1, 0.15) is 0 Å². The van der Waals surface area contributed by atoms with Crippen molar-refractivity contribution < 1.29 is 13.2 Å². The lowest BCUT2D eigenvalue weighted by Gasteiger charge is -2.36. The molecule has 1 atom stereocenters. The lowest BCUT2D eigenvalue weighted by molar-refractivity contribution is -0.124. The molecule has 160 valence electrons. The lowest BCUT2D eigenvalue weighted by Crippen LogP contribution is -2.50. The number of hydrogen-bond acceptors (Lipinski definition) is 4. The van der Waals surface area contributed by atoms with Crippen molar-refractivity contribution in [3.63, 3.8) is 0 Å². The Morgan fingerprint density at radius 2 is 1.79 bits per heavy atom. The van der Waals surface area contributed by atoms with Crippen LogP contribution in [-0.2, 0) is 21.2 Å². The van der Waals surface area contributed by atoms with Gasteiger partial charge in [0.05, 0.1) is 10.9 Å². The Hall–Kier alpha value is -1.44. The summed E-state index contributed by atoms with van der Waals surface area (Å²) in [7, 11) is -3.44. The summed E-state index contributed by atoms with van der Waals surface area (Å²) in [6.07, 6.45) is 7.94. The molecule has 0 saturated carbocycles. The summed E-state index contributed by atoms with van der Waals surface area (Å²) >= 11 is 0. The van der Waals surface area contributed by atoms with Gasteiger partial charge in [-0.05, 0) is 75.4 Å². The van der Waals surface area contributed by atoms with Gasteiger partial charge in [-0.25, -0.2) is 8.42 Å². The smallest absolute Gasteiger partial charge is 0.244 e. The van der Waals surface area contributed by atoms with Gasteiger partial charge in [-0.15, -0.1) is 0 Å². The molecule has 3 aliphatic rings. The van der Waals surface area contributed by atoms with Crippen LogP contribution in [0.25, 0.3) is 0 Å². The first-order chi connectivity index (χ1) is 14.0. The normalized spacial score (nSPS) is 23.9. The molecule has 0 bridgehead atoms. The quantitative estimate of drug-likeness (QED) is 0.736. The van der Waals surface area contributed by atoms with E-state index < -0.39 is 10.0 Å². The topological polar surface area (TPSA) is 60.9 Å². The number of rotatable bonds is 5. The van der Waals surface area contributed by atoms with Crippen molar-refractivity contribution in [2.45, 2.75) is 69.2 Å². The van der Waals surface area contributed by atoms with Crippen LogP contribution in [0.15, 0.2) is 23.1 Å². The number of piperidine rings is 2. The molecule has 0 N–H and O–H groups in total. The standard InChI is InChI=1S/C22H33N3O3S/c1-2-12-23-13-7-4-8-21(23)22(26)25-16-11-18-17-19(9-10-20(18)25)29(27,28)24-14-5-3-6-15-24/h9-10,17,21H,2-8,11-16H2,1H3. The third-order valence-electron chi connectivity index (χ3n) is 6.57. The summed E-state index contributed by atoms with van der Waals surface area (Å²) < 4.78 is 27.6. The highest BCUT2D eigenvalue weighted by molar-refractivity contribution is 7.89. The van der Waals surface area contributed by atoms with Crippen LogP contribution in [0.2, 0.25) is 0 Å². The number of carbonyl (C=O) groups excluding carboxylic acids is 1. The van der Waals surface area contributed by atoms with Gasteiger partial charge in [0.15, 0.2) is 0 Å². The Labute approximate surface area is 174 Å². The van der Waals surface area contributed by atoms with E-state index in [2.05, 4.69) is 11.8 Å². The Balaban J connectivity index is 1.54. The summed E-state index contributed by atoms with van der Waals surface area (Å²) in [5, 5.41) is 0. The Kier molecular flexibility index (Phi) is 6.27. The number of carbonyl (C=O) groups is 1. The van der Waals surface area contributed by atoms with Crippen LogP contribution in [0.1, 0.15) is 57.4 Å². The molecular weight excluding hydrogens is 386 g/mol. The van der Waals surface area contributed by atoms with Crippen LogP contribution >= 0.6 is 0 Å². The van der Waals surface area contributed by atoms with Crippen LogP contribution in [0.4, 0.5) is 5.69 Å². The molecule has 2 fully saturated rings. The summed E-state index contributed by atoms with van der Waals surface area (Å²) in [5.74, 6) is 0.184. The summed E-state index contributed by atoms with van der Waals surface area (Å²) in [4.78, 5) is 17.9. The second-order valence-corrected chi connectivity index (χ2v) is 10.5. The number of anilines is 1. The molecule has 1 aromatic rings. The average Bonchev–Trinajstić information content (AvgIpc) is 3.18. The van der Waals surface area contributed by atoms with E-state index >= 15 is 0 Å². The van der Waals surface area contributed by atoms with Gasteiger partial charge < -0.3 is 4.90 Å². The molecule has 3 heterocycles. The van der Waals surface area contributed by atoms with E-state index in [1.807, 2.05) is 11.0 Å². The second kappa shape index (κ2) is 8.74. The Bertz CT molecular complexity index is 847. The van der Waals surface area contributed by atoms with Gasteiger partial charge in [-0.1, -0.05) is 19.8 Å². The first-order valence-electron chi connectivity index (χ1n) is 11.2. The zero-order valence-electron chi connectivity index (χ0n) is 17.5. The van der Waals surface area contributed by atoms with Crippen LogP contribution in [0.5, 0.6) is 0 Å². The highest BCUT2D eigenvalue weighted by Gasteiger charge is 2.35. The predicted octanol–water partition coefficient (Wildman–Crippen LogP) is 3.01. The van der Waals surface area contributed by atoms with Crippen molar-refractivity contribution in [3.05, 3.63) is 23.8 Å². The monoisotopic (exact) mass is 419 g/mol. The third kappa shape index (κ3) is 4.09. The third-order valence-corrected chi connectivity index (χ3v) is 8.47. The molecule has 0 radical (unpaired) electrons. The molecule has 1 amide bonds. The molecule has 0 aromatic heterocycles. The molecule has 2 saturated heterocycles. The number of nitrogens with zero attached hydrogens (tertiary/aromatic N) is 3. The molecule has 29 heavy (non-hydrogen) atoms. The lowest BCUT2D eigenvalue weighted by atomic mass is 10.0. The predicted molar refractivity (Wildman–Crippen MR) is 115 cm³/mol. The average molecular weight is 420 g/mol. The van der Waals surface area contributed by atoms with E-state index in [9.17, 15) is 13.2 Å². The molecular formula is C22H33N3O3S. The molecule has 3 aliphatic heterocycles. The van der Waals surface area contributed by atoms with Gasteiger partial charge >= 0.3 is 0 Å².